The summed E-state index contributed by atoms with van der Waals surface area (Å²) >= 11 is 0. The molecular weight excluding hydrogens is 1620 g/mol. The second-order valence-corrected chi connectivity index (χ2v) is 34.1. The Morgan fingerprint density at radius 3 is 0.947 bits per heavy atom. The van der Waals surface area contributed by atoms with Crippen molar-refractivity contribution in [3.63, 3.8) is 0 Å². The molecule has 0 saturated carbocycles. The molecule has 0 saturated heterocycles. The third-order valence-electron chi connectivity index (χ3n) is 26.5. The molecule has 1 nitrogen and oxygen atoms in total. The molecule has 0 spiro atoms. The van der Waals surface area contributed by atoms with E-state index in [9.17, 15) is 13.2 Å². The Morgan fingerprint density at radius 1 is 0.180 bits per heavy atom. The van der Waals surface area contributed by atoms with Crippen LogP contribution in [-0.2, 0) is 6.18 Å². The monoisotopic (exact) mass is 1700 g/mol. The Hall–Kier alpha value is -17.1. The molecule has 0 aliphatic carbocycles. The van der Waals surface area contributed by atoms with Crippen molar-refractivity contribution in [1.29, 1.82) is 5.26 Å². The van der Waals surface area contributed by atoms with Crippen LogP contribution in [0.5, 0.6) is 0 Å². The first-order valence-electron chi connectivity index (χ1n) is 45.1. The van der Waals surface area contributed by atoms with E-state index in [1.54, 1.807) is 0 Å². The van der Waals surface area contributed by atoms with Gasteiger partial charge in [0.2, 0.25) is 0 Å². The summed E-state index contributed by atoms with van der Waals surface area (Å²) in [6, 6.07) is 175. The number of nitrogens with zero attached hydrogens (tertiary/aromatic N) is 1. The number of benzene rings is 25. The van der Waals surface area contributed by atoms with Crippen LogP contribution in [0.2, 0.25) is 0 Å². The molecule has 0 heterocycles. The lowest BCUT2D eigenvalue weighted by Crippen LogP contribution is -2.03. The number of hydrogen-bond donors (Lipinski definition) is 0. The van der Waals surface area contributed by atoms with Crippen molar-refractivity contribution >= 4 is 118 Å². The van der Waals surface area contributed by atoms with Crippen molar-refractivity contribution in [2.75, 3.05) is 0 Å². The summed E-state index contributed by atoms with van der Waals surface area (Å²) in [6.07, 6.45) is -4.27. The molecule has 133 heavy (non-hydrogen) atoms. The number of halogens is 3. The van der Waals surface area contributed by atoms with Gasteiger partial charge >= 0.3 is 6.18 Å². The first kappa shape index (κ1) is 81.6. The van der Waals surface area contributed by atoms with E-state index >= 15 is 0 Å². The highest BCUT2D eigenvalue weighted by molar-refractivity contribution is 6.31. The maximum atomic E-state index is 12.3. The van der Waals surface area contributed by atoms with Crippen molar-refractivity contribution in [2.24, 2.45) is 0 Å². The fourth-order valence-corrected chi connectivity index (χ4v) is 20.3. The molecule has 0 N–H and O–H groups in total. The Labute approximate surface area is 770 Å². The van der Waals surface area contributed by atoms with Crippen molar-refractivity contribution in [3.05, 3.63) is 508 Å². The van der Waals surface area contributed by atoms with Crippen LogP contribution in [-0.4, -0.2) is 0 Å². The topological polar surface area (TPSA) is 23.8 Å². The number of hydrogen-bond acceptors (Lipinski definition) is 1. The number of alkyl halides is 3. The first-order chi connectivity index (χ1) is 65.5. The van der Waals surface area contributed by atoms with Gasteiger partial charge in [-0.3, -0.25) is 0 Å². The van der Waals surface area contributed by atoms with E-state index in [2.05, 4.69) is 426 Å². The fourth-order valence-electron chi connectivity index (χ4n) is 20.3. The van der Waals surface area contributed by atoms with E-state index in [1.165, 1.54) is 225 Å². The predicted molar refractivity (Wildman–Crippen MR) is 558 cm³/mol. The van der Waals surface area contributed by atoms with Gasteiger partial charge in [-0.25, -0.2) is 0 Å². The van der Waals surface area contributed by atoms with E-state index in [0.717, 1.165) is 34.4 Å². The van der Waals surface area contributed by atoms with Crippen LogP contribution in [0, 0.1) is 18.3 Å². The zero-order valence-electron chi connectivity index (χ0n) is 72.8. The van der Waals surface area contributed by atoms with Gasteiger partial charge < -0.3 is 0 Å². The van der Waals surface area contributed by atoms with Crippen molar-refractivity contribution in [3.8, 4) is 117 Å². The molecule has 4 heteroatoms. The van der Waals surface area contributed by atoms with Gasteiger partial charge in [-0.1, -0.05) is 443 Å². The van der Waals surface area contributed by atoms with Crippen molar-refractivity contribution in [1.82, 2.24) is 0 Å². The van der Waals surface area contributed by atoms with Gasteiger partial charge in [0.1, 0.15) is 0 Å². The molecule has 0 unspecified atom stereocenters. The summed E-state index contributed by atoms with van der Waals surface area (Å²) in [5.41, 5.74) is 25.5. The van der Waals surface area contributed by atoms with Crippen LogP contribution in [0.4, 0.5) is 13.2 Å². The number of fused-ring (bicyclic) bond motifs is 8. The molecule has 0 aliphatic heterocycles. The van der Waals surface area contributed by atoms with E-state index in [0.29, 0.717) is 5.56 Å². The Bertz CT molecular complexity index is 8530. The van der Waals surface area contributed by atoms with E-state index in [4.69, 9.17) is 5.26 Å². The highest BCUT2D eigenvalue weighted by atomic mass is 19.4. The van der Waals surface area contributed by atoms with Gasteiger partial charge in [-0.15, -0.1) is 0 Å². The first-order valence-corrected chi connectivity index (χ1v) is 45.1. The van der Waals surface area contributed by atoms with Gasteiger partial charge in [-0.2, -0.15) is 18.4 Å². The van der Waals surface area contributed by atoms with E-state index < -0.39 is 11.7 Å². The van der Waals surface area contributed by atoms with Gasteiger partial charge in [0, 0.05) is 0 Å². The van der Waals surface area contributed by atoms with Gasteiger partial charge in [0.05, 0.1) is 17.2 Å². The normalized spacial score (nSPS) is 11.5. The maximum absolute atomic E-state index is 12.3. The summed E-state index contributed by atoms with van der Waals surface area (Å²) in [5.74, 6) is 0. The lowest BCUT2D eigenvalue weighted by atomic mass is 9.82. The van der Waals surface area contributed by atoms with E-state index in [1.807, 2.05) is 54.6 Å². The number of rotatable bonds is 10. The molecular formula is C129H84F3N. The molecule has 25 aromatic carbocycles. The Morgan fingerprint density at radius 2 is 0.474 bits per heavy atom. The highest BCUT2D eigenvalue weighted by Gasteiger charge is 2.30. The molecule has 25 rings (SSSR count). The van der Waals surface area contributed by atoms with Crippen molar-refractivity contribution in [2.45, 2.75) is 13.1 Å². The SMILES string of the molecule is Cc1c2ccccc2c(-c2ccc(-c3ccccc3)c3ccccc23)c2ccccc12.FC(F)(F)c1ccc(-c2ccccc2)cc1.N#Cc1ccc(-c2ccc(-c3c4ccccc4c(-c4cccc5ccccc45)c4ccccc34)cc2)cc1.c1ccc(-c2cc(-c3ccccc3)cc(-c3c4ccccc4c(-c4cc5cccc6ccc7cccc4c7c65)c4ccccc34)c2)cc1. The Kier molecular flexibility index (Phi) is 21.6. The maximum Gasteiger partial charge on any atom is 0.416 e. The smallest absolute Gasteiger partial charge is 0.192 e. The highest BCUT2D eigenvalue weighted by Crippen LogP contribution is 2.52. The number of nitriles is 1. The average Bonchev–Trinajstić information content (AvgIpc) is 0.711. The fraction of sp³-hybridized carbons (Fsp3) is 0.0155. The van der Waals surface area contributed by atoms with Crippen LogP contribution in [0.1, 0.15) is 16.7 Å². The van der Waals surface area contributed by atoms with Crippen molar-refractivity contribution < 1.29 is 13.2 Å². The summed E-state index contributed by atoms with van der Waals surface area (Å²) in [6.45, 7) is 2.24. The minimum atomic E-state index is -4.27. The third kappa shape index (κ3) is 15.3. The molecule has 0 bridgehead atoms. The predicted octanol–water partition coefficient (Wildman–Crippen LogP) is 36.7. The summed E-state index contributed by atoms with van der Waals surface area (Å²) in [4.78, 5) is 0. The third-order valence-corrected chi connectivity index (χ3v) is 26.5. The summed E-state index contributed by atoms with van der Waals surface area (Å²) < 4.78 is 37.0. The largest absolute Gasteiger partial charge is 0.416 e. The lowest BCUT2D eigenvalue weighted by Gasteiger charge is -2.21. The summed E-state index contributed by atoms with van der Waals surface area (Å²) in [5, 5.41) is 37.5. The number of aryl methyl sites for hydroxylation is 1. The molecule has 0 radical (unpaired) electrons. The second-order valence-electron chi connectivity index (χ2n) is 34.1. The van der Waals surface area contributed by atoms with Gasteiger partial charge in [0.15, 0.2) is 0 Å². The van der Waals surface area contributed by atoms with Crippen LogP contribution in [0.15, 0.2) is 491 Å². The molecule has 25 aromatic rings. The lowest BCUT2D eigenvalue weighted by molar-refractivity contribution is -0.137. The minimum absolute atomic E-state index is 0.618. The molecule has 0 aromatic heterocycles. The standard InChI is InChI=1S/C48H30.C37H23N.C31H22.C13H9F3/c1-3-13-31(14-4-1)36-27-37(32-15-5-2-6-16-32)29-38(28-36)46-39-20-7-9-22-41(39)48(42-23-10-8-21-40(42)46)44-30-35-19-11-17-33-25-26-34-18-12-24-43(44)47(34)45(33)35;38-24-25-16-18-26(19-17-25)27-20-22-29(23-21-27)36-32-11-3-5-13-34(32)37(35-14-6-4-12-33(35)36)31-15-7-9-28-8-1-2-10-30(28)31;1-21-23-13-5-9-17-28(23)31(29-18-10-6-14-24(21)29)30-20-19-25(22-11-3-2-4-12-22)26-15-7-8-16-27(26)30;14-13(15,16)12-8-6-11(7-9-12)10-4-2-1-3-5-10/h1-30H;1-23H;2-20H,1H3;1-9H. The molecule has 626 valence electrons. The van der Waals surface area contributed by atoms with Gasteiger partial charge in [-0.05, 0) is 291 Å². The molecule has 0 aliphatic rings. The average molecular weight is 1710 g/mol. The molecule has 0 atom stereocenters. The summed E-state index contributed by atoms with van der Waals surface area (Å²) in [7, 11) is 0. The quantitative estimate of drug-likeness (QED) is 0.0989. The van der Waals surface area contributed by atoms with Crippen LogP contribution >= 0.6 is 0 Å². The second kappa shape index (κ2) is 35.2. The molecule has 0 amide bonds. The zero-order chi connectivity index (χ0) is 89.5. The van der Waals surface area contributed by atoms with Gasteiger partial charge in [0.25, 0.3) is 0 Å². The van der Waals surface area contributed by atoms with Crippen LogP contribution < -0.4 is 0 Å². The van der Waals surface area contributed by atoms with E-state index in [-0.39, 0.29) is 0 Å². The van der Waals surface area contributed by atoms with Crippen LogP contribution in [0.25, 0.3) is 230 Å². The van der Waals surface area contributed by atoms with Crippen LogP contribution in [0.3, 0.4) is 0 Å². The minimum Gasteiger partial charge on any atom is -0.192 e. The zero-order valence-corrected chi connectivity index (χ0v) is 72.8. The molecule has 0 fully saturated rings. The Balaban J connectivity index is 0.000000109.